The predicted octanol–water partition coefficient (Wildman–Crippen LogP) is 2.72. The molecule has 1 atom stereocenters. The average Bonchev–Trinajstić information content (AvgIpc) is 3.47. The Balaban J connectivity index is 1.25. The molecule has 2 aliphatic heterocycles. The first-order valence-corrected chi connectivity index (χ1v) is 9.86. The molecule has 1 unspecified atom stereocenters. The van der Waals surface area contributed by atoms with Gasteiger partial charge in [-0.05, 0) is 56.6 Å². The van der Waals surface area contributed by atoms with E-state index in [0.717, 1.165) is 70.0 Å². The second kappa shape index (κ2) is 7.73. The number of ether oxygens (including phenoxy) is 1. The van der Waals surface area contributed by atoms with Gasteiger partial charge in [-0.25, -0.2) is 0 Å². The Bertz CT molecular complexity index is 568. The van der Waals surface area contributed by atoms with E-state index >= 15 is 0 Å². The van der Waals surface area contributed by atoms with Crippen molar-refractivity contribution >= 4 is 5.91 Å². The molecular formula is C20H29N3O2. The summed E-state index contributed by atoms with van der Waals surface area (Å²) in [7, 11) is 0. The largest absolute Gasteiger partial charge is 0.490 e. The number of likely N-dealkylation sites (tertiary alicyclic amines) is 2. The number of nitrogens with zero attached hydrogens (tertiary/aromatic N) is 3. The molecule has 1 aromatic rings. The van der Waals surface area contributed by atoms with Gasteiger partial charge in [0.05, 0.1) is 0 Å². The lowest BCUT2D eigenvalue weighted by molar-refractivity contribution is -0.130. The number of hydrogen-bond donors (Lipinski definition) is 0. The molecule has 136 valence electrons. The Morgan fingerprint density at radius 3 is 2.48 bits per heavy atom. The summed E-state index contributed by atoms with van der Waals surface area (Å²) in [6.45, 7) is 4.12. The van der Waals surface area contributed by atoms with Crippen molar-refractivity contribution in [3.05, 3.63) is 24.5 Å². The molecule has 1 aromatic heterocycles. The minimum absolute atomic E-state index is 0.303. The molecule has 3 aliphatic rings. The molecule has 3 fully saturated rings. The van der Waals surface area contributed by atoms with E-state index in [0.29, 0.717) is 18.1 Å². The topological polar surface area (TPSA) is 45.7 Å². The second-order valence-electron chi connectivity index (χ2n) is 7.80. The lowest BCUT2D eigenvalue weighted by Crippen LogP contribution is -2.44. The molecule has 0 aromatic carbocycles. The number of hydrogen-bond acceptors (Lipinski definition) is 4. The van der Waals surface area contributed by atoms with Crippen LogP contribution in [0.4, 0.5) is 0 Å². The van der Waals surface area contributed by atoms with Gasteiger partial charge in [-0.1, -0.05) is 0 Å². The molecule has 4 rings (SSSR count). The van der Waals surface area contributed by atoms with Gasteiger partial charge in [-0.15, -0.1) is 0 Å². The molecule has 1 aliphatic carbocycles. The summed E-state index contributed by atoms with van der Waals surface area (Å²) in [4.78, 5) is 21.1. The van der Waals surface area contributed by atoms with Gasteiger partial charge >= 0.3 is 0 Å². The third-order valence-electron chi connectivity index (χ3n) is 5.90. The minimum atomic E-state index is 0.303. The SMILES string of the molecule is O=C1CCC(N2CCC(Oc3ccncc3)CC2)CCN1CC1CC1. The first-order valence-electron chi connectivity index (χ1n) is 9.86. The summed E-state index contributed by atoms with van der Waals surface area (Å²) in [6, 6.07) is 4.42. The summed E-state index contributed by atoms with van der Waals surface area (Å²) in [5.74, 6) is 2.09. The molecule has 25 heavy (non-hydrogen) atoms. The summed E-state index contributed by atoms with van der Waals surface area (Å²) in [5.41, 5.74) is 0. The van der Waals surface area contributed by atoms with Crippen molar-refractivity contribution < 1.29 is 9.53 Å². The quantitative estimate of drug-likeness (QED) is 0.825. The zero-order valence-electron chi connectivity index (χ0n) is 15.0. The van der Waals surface area contributed by atoms with Crippen LogP contribution in [0.1, 0.15) is 44.9 Å². The number of pyridine rings is 1. The predicted molar refractivity (Wildman–Crippen MR) is 96.4 cm³/mol. The second-order valence-corrected chi connectivity index (χ2v) is 7.80. The zero-order chi connectivity index (χ0) is 17.1. The Hall–Kier alpha value is -1.62. The number of carbonyl (C=O) groups is 1. The lowest BCUT2D eigenvalue weighted by Gasteiger charge is -2.37. The fourth-order valence-electron chi connectivity index (χ4n) is 4.16. The highest BCUT2D eigenvalue weighted by Crippen LogP contribution is 2.31. The molecule has 5 nitrogen and oxygen atoms in total. The van der Waals surface area contributed by atoms with Crippen molar-refractivity contribution in [1.82, 2.24) is 14.8 Å². The molecule has 0 N–H and O–H groups in total. The van der Waals surface area contributed by atoms with Gasteiger partial charge < -0.3 is 14.5 Å². The Morgan fingerprint density at radius 2 is 1.76 bits per heavy atom. The number of carbonyl (C=O) groups excluding carboxylic acids is 1. The maximum atomic E-state index is 12.3. The van der Waals surface area contributed by atoms with E-state index in [1.165, 1.54) is 12.8 Å². The van der Waals surface area contributed by atoms with Crippen LogP contribution in [-0.4, -0.2) is 59.0 Å². The summed E-state index contributed by atoms with van der Waals surface area (Å²) in [5, 5.41) is 0. The first-order chi connectivity index (χ1) is 12.3. The van der Waals surface area contributed by atoms with Crippen molar-refractivity contribution in [2.45, 2.75) is 57.1 Å². The summed E-state index contributed by atoms with van der Waals surface area (Å²) in [6.07, 6.45) is 11.5. The van der Waals surface area contributed by atoms with Crippen molar-refractivity contribution in [3.63, 3.8) is 0 Å². The van der Waals surface area contributed by atoms with Gasteiger partial charge in [0, 0.05) is 51.0 Å². The molecule has 0 bridgehead atoms. The highest BCUT2D eigenvalue weighted by atomic mass is 16.5. The molecule has 0 radical (unpaired) electrons. The van der Waals surface area contributed by atoms with Crippen molar-refractivity contribution in [1.29, 1.82) is 0 Å². The molecule has 1 saturated carbocycles. The van der Waals surface area contributed by atoms with Crippen molar-refractivity contribution in [2.24, 2.45) is 5.92 Å². The monoisotopic (exact) mass is 343 g/mol. The Kier molecular flexibility index (Phi) is 5.20. The zero-order valence-corrected chi connectivity index (χ0v) is 15.0. The van der Waals surface area contributed by atoms with Gasteiger partial charge in [-0.2, -0.15) is 0 Å². The van der Waals surface area contributed by atoms with Crippen LogP contribution in [0.2, 0.25) is 0 Å². The van der Waals surface area contributed by atoms with Crippen LogP contribution in [0, 0.1) is 5.92 Å². The maximum absolute atomic E-state index is 12.3. The third kappa shape index (κ3) is 4.51. The number of amides is 1. The number of piperidine rings is 1. The van der Waals surface area contributed by atoms with Crippen molar-refractivity contribution in [2.75, 3.05) is 26.2 Å². The summed E-state index contributed by atoms with van der Waals surface area (Å²) >= 11 is 0. The fraction of sp³-hybridized carbons (Fsp3) is 0.700. The van der Waals surface area contributed by atoms with E-state index in [2.05, 4.69) is 14.8 Å². The van der Waals surface area contributed by atoms with Gasteiger partial charge in [-0.3, -0.25) is 9.78 Å². The molecular weight excluding hydrogens is 314 g/mol. The highest BCUT2D eigenvalue weighted by molar-refractivity contribution is 5.76. The first kappa shape index (κ1) is 16.8. The van der Waals surface area contributed by atoms with E-state index in [1.54, 1.807) is 12.4 Å². The lowest BCUT2D eigenvalue weighted by atomic mass is 10.0. The van der Waals surface area contributed by atoms with E-state index in [-0.39, 0.29) is 0 Å². The standard InChI is InChI=1S/C20H29N3O2/c24-20-4-3-17(7-12-23(20)15-16-1-2-16)22-13-8-19(9-14-22)25-18-5-10-21-11-6-18/h5-6,10-11,16-17,19H,1-4,7-9,12-15H2. The van der Waals surface area contributed by atoms with Gasteiger partial charge in [0.1, 0.15) is 11.9 Å². The van der Waals surface area contributed by atoms with E-state index in [4.69, 9.17) is 4.74 Å². The molecule has 0 spiro atoms. The molecule has 2 saturated heterocycles. The molecule has 5 heteroatoms. The Morgan fingerprint density at radius 1 is 1.00 bits per heavy atom. The van der Waals surface area contributed by atoms with Crippen LogP contribution in [-0.2, 0) is 4.79 Å². The van der Waals surface area contributed by atoms with Gasteiger partial charge in [0.2, 0.25) is 5.91 Å². The van der Waals surface area contributed by atoms with E-state index in [9.17, 15) is 4.79 Å². The normalized spacial score (nSPS) is 26.5. The van der Waals surface area contributed by atoms with Crippen LogP contribution in [0.25, 0.3) is 0 Å². The van der Waals surface area contributed by atoms with Crippen LogP contribution < -0.4 is 4.74 Å². The Labute approximate surface area is 150 Å². The average molecular weight is 343 g/mol. The molecule has 3 heterocycles. The van der Waals surface area contributed by atoms with Gasteiger partial charge in [0.15, 0.2) is 0 Å². The minimum Gasteiger partial charge on any atom is -0.490 e. The molecule has 1 amide bonds. The van der Waals surface area contributed by atoms with E-state index < -0.39 is 0 Å². The van der Waals surface area contributed by atoms with Crippen LogP contribution in [0.5, 0.6) is 5.75 Å². The number of rotatable bonds is 5. The van der Waals surface area contributed by atoms with Crippen molar-refractivity contribution in [3.8, 4) is 5.75 Å². The third-order valence-corrected chi connectivity index (χ3v) is 5.90. The van der Waals surface area contributed by atoms with Gasteiger partial charge in [0.25, 0.3) is 0 Å². The number of aromatic nitrogens is 1. The van der Waals surface area contributed by atoms with E-state index in [1.807, 2.05) is 12.1 Å². The van der Waals surface area contributed by atoms with Crippen LogP contribution >= 0.6 is 0 Å². The highest BCUT2D eigenvalue weighted by Gasteiger charge is 2.32. The van der Waals surface area contributed by atoms with Crippen LogP contribution in [0.15, 0.2) is 24.5 Å². The summed E-state index contributed by atoms with van der Waals surface area (Å²) < 4.78 is 6.07. The fourth-order valence-corrected chi connectivity index (χ4v) is 4.16. The smallest absolute Gasteiger partial charge is 0.222 e. The van der Waals surface area contributed by atoms with Crippen LogP contribution in [0.3, 0.4) is 0 Å². The maximum Gasteiger partial charge on any atom is 0.222 e.